The van der Waals surface area contributed by atoms with E-state index < -0.39 is 5.82 Å². The van der Waals surface area contributed by atoms with Gasteiger partial charge in [-0.25, -0.2) is 4.39 Å². The van der Waals surface area contributed by atoms with Crippen LogP contribution in [0, 0.1) is 5.82 Å². The van der Waals surface area contributed by atoms with Crippen LogP contribution in [0.1, 0.15) is 30.1 Å². The first-order valence-electron chi connectivity index (χ1n) is 7.84. The molecule has 1 aliphatic rings. The molecule has 0 aliphatic carbocycles. The molecule has 1 fully saturated rings. The number of rotatable bonds is 4. The second-order valence-electron chi connectivity index (χ2n) is 6.02. The van der Waals surface area contributed by atoms with Crippen molar-refractivity contribution in [3.63, 3.8) is 0 Å². The van der Waals surface area contributed by atoms with Crippen molar-refractivity contribution in [2.24, 2.45) is 7.05 Å². The lowest BCUT2D eigenvalue weighted by molar-refractivity contribution is 0.101. The van der Waals surface area contributed by atoms with Crippen molar-refractivity contribution >= 4 is 17.2 Å². The minimum Gasteiger partial charge on any atom is -0.380 e. The monoisotopic (exact) mass is 316 g/mol. The van der Waals surface area contributed by atoms with E-state index in [-0.39, 0.29) is 17.4 Å². The van der Waals surface area contributed by atoms with E-state index in [4.69, 9.17) is 0 Å². The molecule has 0 amide bonds. The van der Waals surface area contributed by atoms with E-state index in [0.717, 1.165) is 31.6 Å². The van der Waals surface area contributed by atoms with Crippen LogP contribution in [0.5, 0.6) is 0 Å². The number of anilines is 2. The van der Waals surface area contributed by atoms with Gasteiger partial charge in [-0.3, -0.25) is 9.48 Å². The Hall–Kier alpha value is -2.37. The van der Waals surface area contributed by atoms with Crippen molar-refractivity contribution < 1.29 is 9.18 Å². The molecule has 2 aromatic rings. The summed E-state index contributed by atoms with van der Waals surface area (Å²) in [6.07, 6.45) is 5.87. The number of halogens is 1. The van der Waals surface area contributed by atoms with Gasteiger partial charge in [0.05, 0.1) is 17.4 Å². The van der Waals surface area contributed by atoms with Crippen LogP contribution >= 0.6 is 0 Å². The van der Waals surface area contributed by atoms with Gasteiger partial charge in [-0.05, 0) is 31.9 Å². The summed E-state index contributed by atoms with van der Waals surface area (Å²) in [5.74, 6) is -0.729. The normalized spacial score (nSPS) is 18.0. The topological polar surface area (TPSA) is 50.2 Å². The molecule has 3 rings (SSSR count). The Labute approximate surface area is 135 Å². The zero-order valence-corrected chi connectivity index (χ0v) is 13.4. The Morgan fingerprint density at radius 3 is 2.96 bits per heavy atom. The number of nitrogens with one attached hydrogen (secondary N) is 1. The number of Topliss-reactive ketones (excluding diaryl/α,β-unsaturated/α-hetero) is 1. The number of hydrogen-bond acceptors (Lipinski definition) is 4. The number of hydrogen-bond donors (Lipinski definition) is 1. The molecule has 2 heterocycles. The van der Waals surface area contributed by atoms with Crippen molar-refractivity contribution in [3.8, 4) is 0 Å². The third-order valence-electron chi connectivity index (χ3n) is 4.20. The molecule has 0 radical (unpaired) electrons. The van der Waals surface area contributed by atoms with Crippen molar-refractivity contribution in [1.29, 1.82) is 0 Å². The van der Waals surface area contributed by atoms with Gasteiger partial charge in [0, 0.05) is 38.1 Å². The number of piperidine rings is 1. The van der Waals surface area contributed by atoms with Crippen molar-refractivity contribution in [2.75, 3.05) is 23.3 Å². The SMILES string of the molecule is CC(=O)c1c(F)cccc1N[C@H]1CCCN(c2cnn(C)c2)C1. The fourth-order valence-corrected chi connectivity index (χ4v) is 3.12. The molecule has 1 N–H and O–H groups in total. The highest BCUT2D eigenvalue weighted by Gasteiger charge is 2.23. The van der Waals surface area contributed by atoms with Crippen molar-refractivity contribution in [1.82, 2.24) is 9.78 Å². The van der Waals surface area contributed by atoms with Gasteiger partial charge in [0.2, 0.25) is 0 Å². The Bertz CT molecular complexity index is 712. The minimum absolute atomic E-state index is 0.144. The average Bonchev–Trinajstić information content (AvgIpc) is 2.94. The van der Waals surface area contributed by atoms with Gasteiger partial charge in [-0.2, -0.15) is 5.10 Å². The molecule has 0 saturated carbocycles. The number of benzene rings is 1. The molecule has 5 nitrogen and oxygen atoms in total. The first kappa shape index (κ1) is 15.5. The molecule has 0 bridgehead atoms. The van der Waals surface area contributed by atoms with Gasteiger partial charge in [0.15, 0.2) is 5.78 Å². The van der Waals surface area contributed by atoms with E-state index >= 15 is 0 Å². The number of aromatic nitrogens is 2. The van der Waals surface area contributed by atoms with E-state index in [2.05, 4.69) is 15.3 Å². The van der Waals surface area contributed by atoms with Crippen LogP contribution in [0.4, 0.5) is 15.8 Å². The number of ketones is 1. The maximum atomic E-state index is 13.9. The average molecular weight is 316 g/mol. The van der Waals surface area contributed by atoms with Gasteiger partial charge >= 0.3 is 0 Å². The Kier molecular flexibility index (Phi) is 4.32. The van der Waals surface area contributed by atoms with Crippen molar-refractivity contribution in [3.05, 3.63) is 42.0 Å². The van der Waals surface area contributed by atoms with E-state index in [1.54, 1.807) is 16.8 Å². The van der Waals surface area contributed by atoms with E-state index in [0.29, 0.717) is 5.69 Å². The number of nitrogens with zero attached hydrogens (tertiary/aromatic N) is 3. The molecule has 1 atom stereocenters. The molecule has 1 aromatic heterocycles. The van der Waals surface area contributed by atoms with E-state index in [1.807, 2.05) is 19.4 Å². The maximum Gasteiger partial charge on any atom is 0.164 e. The Morgan fingerprint density at radius 1 is 1.43 bits per heavy atom. The summed E-state index contributed by atoms with van der Waals surface area (Å²) in [7, 11) is 1.90. The van der Waals surface area contributed by atoms with Crippen molar-refractivity contribution in [2.45, 2.75) is 25.8 Å². The molecular formula is C17H21FN4O. The van der Waals surface area contributed by atoms with E-state index in [9.17, 15) is 9.18 Å². The molecular weight excluding hydrogens is 295 g/mol. The predicted molar refractivity (Wildman–Crippen MR) is 88.5 cm³/mol. The Morgan fingerprint density at radius 2 is 2.26 bits per heavy atom. The van der Waals surface area contributed by atoms with Gasteiger partial charge in [0.1, 0.15) is 5.82 Å². The predicted octanol–water partition coefficient (Wildman–Crippen LogP) is 2.84. The number of carbonyl (C=O) groups excluding carboxylic acids is 1. The lowest BCUT2D eigenvalue weighted by atomic mass is 10.0. The van der Waals surface area contributed by atoms with Gasteiger partial charge in [0.25, 0.3) is 0 Å². The zero-order valence-electron chi connectivity index (χ0n) is 13.4. The molecule has 0 unspecified atom stereocenters. The van der Waals surface area contributed by atoms with Crippen LogP contribution in [-0.2, 0) is 7.05 Å². The quantitative estimate of drug-likeness (QED) is 0.881. The summed E-state index contributed by atoms with van der Waals surface area (Å²) in [5.41, 5.74) is 1.81. The fourth-order valence-electron chi connectivity index (χ4n) is 3.12. The molecule has 122 valence electrons. The number of carbonyl (C=O) groups is 1. The lowest BCUT2D eigenvalue weighted by Gasteiger charge is -2.34. The molecule has 23 heavy (non-hydrogen) atoms. The van der Waals surface area contributed by atoms with Crippen LogP contribution in [-0.4, -0.2) is 34.7 Å². The highest BCUT2D eigenvalue weighted by Crippen LogP contribution is 2.25. The molecule has 1 saturated heterocycles. The first-order chi connectivity index (χ1) is 11.0. The van der Waals surface area contributed by atoms with Crippen LogP contribution < -0.4 is 10.2 Å². The molecule has 1 aliphatic heterocycles. The smallest absolute Gasteiger partial charge is 0.164 e. The van der Waals surface area contributed by atoms with Gasteiger partial charge in [-0.15, -0.1) is 0 Å². The standard InChI is InChI=1S/C17H21FN4O/c1-12(23)17-15(18)6-3-7-16(17)20-13-5-4-8-22(10-13)14-9-19-21(2)11-14/h3,6-7,9,11,13,20H,4-5,8,10H2,1-2H3/t13-/m0/s1. The molecule has 1 aromatic carbocycles. The number of aryl methyl sites for hydroxylation is 1. The second kappa shape index (κ2) is 6.40. The highest BCUT2D eigenvalue weighted by molar-refractivity contribution is 5.99. The van der Waals surface area contributed by atoms with Gasteiger partial charge < -0.3 is 10.2 Å². The minimum atomic E-state index is -0.470. The largest absolute Gasteiger partial charge is 0.380 e. The second-order valence-corrected chi connectivity index (χ2v) is 6.02. The van der Waals surface area contributed by atoms with Crippen LogP contribution in [0.2, 0.25) is 0 Å². The summed E-state index contributed by atoms with van der Waals surface area (Å²) < 4.78 is 15.7. The summed E-state index contributed by atoms with van der Waals surface area (Å²) >= 11 is 0. The fraction of sp³-hybridized carbons (Fsp3) is 0.412. The molecule has 6 heteroatoms. The highest BCUT2D eigenvalue weighted by atomic mass is 19.1. The van der Waals surface area contributed by atoms with Gasteiger partial charge in [-0.1, -0.05) is 6.07 Å². The molecule has 0 spiro atoms. The summed E-state index contributed by atoms with van der Waals surface area (Å²) in [5, 5.41) is 7.56. The third kappa shape index (κ3) is 3.36. The summed E-state index contributed by atoms with van der Waals surface area (Å²) in [4.78, 5) is 14.0. The van der Waals surface area contributed by atoms with Crippen LogP contribution in [0.25, 0.3) is 0 Å². The lowest BCUT2D eigenvalue weighted by Crippen LogP contribution is -2.42. The maximum absolute atomic E-state index is 13.9. The summed E-state index contributed by atoms with van der Waals surface area (Å²) in [6.45, 7) is 3.18. The van der Waals surface area contributed by atoms with E-state index in [1.165, 1.54) is 13.0 Å². The third-order valence-corrected chi connectivity index (χ3v) is 4.20. The van der Waals surface area contributed by atoms with Crippen LogP contribution in [0.3, 0.4) is 0 Å². The Balaban J connectivity index is 1.76. The summed E-state index contributed by atoms with van der Waals surface area (Å²) in [6, 6.07) is 4.89. The first-order valence-corrected chi connectivity index (χ1v) is 7.84. The zero-order chi connectivity index (χ0) is 16.4. The van der Waals surface area contributed by atoms with Crippen LogP contribution in [0.15, 0.2) is 30.6 Å².